The zero-order valence-corrected chi connectivity index (χ0v) is 18.4. The molecule has 4 aromatic rings. The summed E-state index contributed by atoms with van der Waals surface area (Å²) in [6.45, 7) is 2.03. The van der Waals surface area contributed by atoms with Crippen molar-refractivity contribution in [3.8, 4) is 17.3 Å². The van der Waals surface area contributed by atoms with Crippen molar-refractivity contribution in [3.05, 3.63) is 69.9 Å². The van der Waals surface area contributed by atoms with Gasteiger partial charge >= 0.3 is 0 Å². The quantitative estimate of drug-likeness (QED) is 0.415. The summed E-state index contributed by atoms with van der Waals surface area (Å²) < 4.78 is 21.6. The maximum atomic E-state index is 13.2. The molecule has 0 bridgehead atoms. The average molecular weight is 463 g/mol. The number of fused-ring (bicyclic) bond motifs is 2. The van der Waals surface area contributed by atoms with Crippen molar-refractivity contribution < 1.29 is 13.9 Å². The summed E-state index contributed by atoms with van der Waals surface area (Å²) in [5, 5.41) is 19.7. The normalized spacial score (nSPS) is 13.6. The molecular formula is C23H22FN7O3. The molecule has 3 heterocycles. The second-order valence-corrected chi connectivity index (χ2v) is 8.04. The molecule has 34 heavy (non-hydrogen) atoms. The Bertz CT molecular complexity index is 1410. The lowest BCUT2D eigenvalue weighted by Crippen LogP contribution is -2.38. The van der Waals surface area contributed by atoms with E-state index in [9.17, 15) is 14.0 Å². The standard InChI is InChI=1S/C23H22FN7O3/c1-14(30-21(32)13-16-3-2-4-18(16)28-30)23(33)25-11-12-34-20-10-9-19-26-27-22(31(19)29-20)15-5-7-17(24)8-6-15/h5-10,13-14H,2-4,11-12H2,1H3,(H,25,33). The molecule has 1 aromatic carbocycles. The molecule has 5 rings (SSSR count). The van der Waals surface area contributed by atoms with Crippen LogP contribution in [0.15, 0.2) is 47.3 Å². The Morgan fingerprint density at radius 3 is 2.79 bits per heavy atom. The molecule has 1 aliphatic carbocycles. The molecule has 1 N–H and O–H groups in total. The molecule has 0 saturated heterocycles. The van der Waals surface area contributed by atoms with Gasteiger partial charge < -0.3 is 10.1 Å². The molecule has 0 spiro atoms. The third kappa shape index (κ3) is 4.24. The van der Waals surface area contributed by atoms with Gasteiger partial charge in [0.1, 0.15) is 18.5 Å². The SMILES string of the molecule is CC(C(=O)NCCOc1ccc2nnc(-c3ccc(F)cc3)n2n1)n1nc2c(cc1=O)CCC2. The maximum Gasteiger partial charge on any atom is 0.267 e. The number of carbonyl (C=O) groups is 1. The zero-order chi connectivity index (χ0) is 23.7. The van der Waals surface area contributed by atoms with Crippen LogP contribution in [0.1, 0.15) is 30.6 Å². The Balaban J connectivity index is 1.20. The van der Waals surface area contributed by atoms with Crippen molar-refractivity contribution in [1.82, 2.24) is 34.9 Å². The number of carbonyl (C=O) groups excluding carboxylic acids is 1. The molecule has 0 fully saturated rings. The number of nitrogens with zero attached hydrogens (tertiary/aromatic N) is 6. The van der Waals surface area contributed by atoms with E-state index >= 15 is 0 Å². The van der Waals surface area contributed by atoms with E-state index in [0.29, 0.717) is 22.9 Å². The molecular weight excluding hydrogens is 441 g/mol. The summed E-state index contributed by atoms with van der Waals surface area (Å²) >= 11 is 0. The Morgan fingerprint density at radius 1 is 1.15 bits per heavy atom. The van der Waals surface area contributed by atoms with Gasteiger partial charge in [0.05, 0.1) is 12.2 Å². The van der Waals surface area contributed by atoms with Gasteiger partial charge in [0.15, 0.2) is 11.5 Å². The van der Waals surface area contributed by atoms with Crippen LogP contribution in [0.4, 0.5) is 4.39 Å². The van der Waals surface area contributed by atoms with Crippen molar-refractivity contribution in [1.29, 1.82) is 0 Å². The lowest BCUT2D eigenvalue weighted by atomic mass is 10.2. The summed E-state index contributed by atoms with van der Waals surface area (Å²) in [6.07, 6.45) is 2.66. The third-order valence-corrected chi connectivity index (χ3v) is 5.72. The Morgan fingerprint density at radius 2 is 1.97 bits per heavy atom. The van der Waals surface area contributed by atoms with Gasteiger partial charge in [-0.25, -0.2) is 9.07 Å². The summed E-state index contributed by atoms with van der Waals surface area (Å²) in [5.74, 6) is 0.101. The van der Waals surface area contributed by atoms with Gasteiger partial charge in [-0.1, -0.05) is 0 Å². The molecule has 3 aromatic heterocycles. The number of hydrogen-bond donors (Lipinski definition) is 1. The summed E-state index contributed by atoms with van der Waals surface area (Å²) in [4.78, 5) is 24.9. The molecule has 11 heteroatoms. The Labute approximate surface area is 193 Å². The predicted molar refractivity (Wildman–Crippen MR) is 120 cm³/mol. The minimum atomic E-state index is -0.733. The number of halogens is 1. The number of benzene rings is 1. The second kappa shape index (κ2) is 9.00. The van der Waals surface area contributed by atoms with Crippen LogP contribution in [0, 0.1) is 5.82 Å². The molecule has 1 atom stereocenters. The first-order valence-electron chi connectivity index (χ1n) is 11.0. The minimum absolute atomic E-state index is 0.164. The smallest absolute Gasteiger partial charge is 0.267 e. The number of ether oxygens (including phenoxy) is 1. The van der Waals surface area contributed by atoms with Crippen molar-refractivity contribution in [2.75, 3.05) is 13.2 Å². The topological polar surface area (TPSA) is 116 Å². The van der Waals surface area contributed by atoms with Crippen LogP contribution in [0.25, 0.3) is 17.0 Å². The highest BCUT2D eigenvalue weighted by Crippen LogP contribution is 2.20. The molecule has 0 aliphatic heterocycles. The van der Waals surface area contributed by atoms with Gasteiger partial charge in [-0.05, 0) is 62.1 Å². The van der Waals surface area contributed by atoms with Crippen LogP contribution in [-0.4, -0.2) is 48.7 Å². The van der Waals surface area contributed by atoms with E-state index in [-0.39, 0.29) is 30.4 Å². The number of amides is 1. The van der Waals surface area contributed by atoms with Gasteiger partial charge in [0.2, 0.25) is 11.8 Å². The number of rotatable bonds is 7. The summed E-state index contributed by atoms with van der Waals surface area (Å²) in [5.41, 5.74) is 2.76. The largest absolute Gasteiger partial charge is 0.475 e. The molecule has 0 radical (unpaired) electrons. The van der Waals surface area contributed by atoms with E-state index in [1.54, 1.807) is 37.3 Å². The van der Waals surface area contributed by atoms with Gasteiger partial charge in [-0.3, -0.25) is 9.59 Å². The summed E-state index contributed by atoms with van der Waals surface area (Å²) in [6, 6.07) is 10.1. The van der Waals surface area contributed by atoms with Crippen molar-refractivity contribution in [2.24, 2.45) is 0 Å². The number of hydrogen-bond acceptors (Lipinski definition) is 7. The first-order valence-corrected chi connectivity index (χ1v) is 11.0. The molecule has 1 amide bonds. The zero-order valence-electron chi connectivity index (χ0n) is 18.4. The van der Waals surface area contributed by atoms with Crippen LogP contribution in [-0.2, 0) is 17.6 Å². The highest BCUT2D eigenvalue weighted by atomic mass is 19.1. The van der Waals surface area contributed by atoms with E-state index < -0.39 is 6.04 Å². The number of aromatic nitrogens is 6. The van der Waals surface area contributed by atoms with Gasteiger partial charge in [-0.15, -0.1) is 15.3 Å². The monoisotopic (exact) mass is 463 g/mol. The van der Waals surface area contributed by atoms with Crippen LogP contribution in [0.3, 0.4) is 0 Å². The van der Waals surface area contributed by atoms with Crippen molar-refractivity contribution in [2.45, 2.75) is 32.2 Å². The molecule has 1 unspecified atom stereocenters. The second-order valence-electron chi connectivity index (χ2n) is 8.04. The number of nitrogens with one attached hydrogen (secondary N) is 1. The third-order valence-electron chi connectivity index (χ3n) is 5.72. The highest BCUT2D eigenvalue weighted by Gasteiger charge is 2.21. The van der Waals surface area contributed by atoms with Crippen molar-refractivity contribution in [3.63, 3.8) is 0 Å². The van der Waals surface area contributed by atoms with Crippen LogP contribution >= 0.6 is 0 Å². The van der Waals surface area contributed by atoms with Crippen LogP contribution in [0.2, 0.25) is 0 Å². The first kappa shape index (κ1) is 21.7. The van der Waals surface area contributed by atoms with Gasteiger partial charge in [-0.2, -0.15) is 9.61 Å². The van der Waals surface area contributed by atoms with Gasteiger partial charge in [0, 0.05) is 17.7 Å². The van der Waals surface area contributed by atoms with Crippen LogP contribution in [0.5, 0.6) is 5.88 Å². The molecule has 174 valence electrons. The van der Waals surface area contributed by atoms with E-state index in [4.69, 9.17) is 4.74 Å². The fourth-order valence-electron chi connectivity index (χ4n) is 3.91. The fraction of sp³-hybridized carbons (Fsp3) is 0.304. The molecule has 1 aliphatic rings. The average Bonchev–Trinajstić information content (AvgIpc) is 3.47. The minimum Gasteiger partial charge on any atom is -0.475 e. The van der Waals surface area contributed by atoms with E-state index in [1.807, 2.05) is 0 Å². The first-order chi connectivity index (χ1) is 16.5. The lowest BCUT2D eigenvalue weighted by molar-refractivity contribution is -0.124. The van der Waals surface area contributed by atoms with E-state index in [1.165, 1.54) is 21.3 Å². The predicted octanol–water partition coefficient (Wildman–Crippen LogP) is 1.73. The fourth-order valence-corrected chi connectivity index (χ4v) is 3.91. The molecule has 10 nitrogen and oxygen atoms in total. The molecule has 0 saturated carbocycles. The Kier molecular flexibility index (Phi) is 5.74. The highest BCUT2D eigenvalue weighted by molar-refractivity contribution is 5.79. The van der Waals surface area contributed by atoms with E-state index in [0.717, 1.165) is 30.5 Å². The van der Waals surface area contributed by atoms with Crippen molar-refractivity contribution >= 4 is 11.6 Å². The maximum absolute atomic E-state index is 13.2. The number of aryl methyl sites for hydroxylation is 2. The van der Waals surface area contributed by atoms with Gasteiger partial charge in [0.25, 0.3) is 5.56 Å². The van der Waals surface area contributed by atoms with E-state index in [2.05, 4.69) is 25.7 Å². The van der Waals surface area contributed by atoms with Crippen LogP contribution < -0.4 is 15.6 Å². The Hall–Kier alpha value is -4.15. The lowest BCUT2D eigenvalue weighted by Gasteiger charge is -2.15. The summed E-state index contributed by atoms with van der Waals surface area (Å²) in [7, 11) is 0.